The predicted molar refractivity (Wildman–Crippen MR) is 77.7 cm³/mol. The van der Waals surface area contributed by atoms with Crippen LogP contribution in [0.3, 0.4) is 0 Å². The monoisotopic (exact) mass is 251 g/mol. The van der Waals surface area contributed by atoms with E-state index in [2.05, 4.69) is 25.1 Å². The van der Waals surface area contributed by atoms with Gasteiger partial charge in [-0.3, -0.25) is 9.69 Å². The average Bonchev–Trinajstić information content (AvgIpc) is 2.57. The van der Waals surface area contributed by atoms with Gasteiger partial charge in [-0.25, -0.2) is 0 Å². The Labute approximate surface area is 113 Å². The van der Waals surface area contributed by atoms with Gasteiger partial charge in [0.05, 0.1) is 5.69 Å². The fraction of sp³-hybridized carbons (Fsp3) is 0.235. The van der Waals surface area contributed by atoms with Crippen LogP contribution in [0.15, 0.2) is 48.5 Å². The summed E-state index contributed by atoms with van der Waals surface area (Å²) >= 11 is 0. The molecule has 0 aromatic heterocycles. The third-order valence-corrected chi connectivity index (χ3v) is 3.58. The van der Waals surface area contributed by atoms with Crippen molar-refractivity contribution in [3.05, 3.63) is 59.7 Å². The predicted octanol–water partition coefficient (Wildman–Crippen LogP) is 4.00. The summed E-state index contributed by atoms with van der Waals surface area (Å²) in [6, 6.07) is 16.3. The van der Waals surface area contributed by atoms with Crippen LogP contribution >= 0.6 is 0 Å². The highest BCUT2D eigenvalue weighted by atomic mass is 16.2. The van der Waals surface area contributed by atoms with Crippen LogP contribution in [-0.2, 0) is 11.2 Å². The van der Waals surface area contributed by atoms with Crippen molar-refractivity contribution in [1.29, 1.82) is 0 Å². The topological polar surface area (TPSA) is 20.3 Å². The van der Waals surface area contributed by atoms with Crippen LogP contribution in [0.25, 0.3) is 0 Å². The van der Waals surface area contributed by atoms with Crippen LogP contribution in [-0.4, -0.2) is 5.91 Å². The average molecular weight is 251 g/mol. The summed E-state index contributed by atoms with van der Waals surface area (Å²) in [5.74, 6) is 0.190. The minimum atomic E-state index is 0.190. The van der Waals surface area contributed by atoms with Gasteiger partial charge in [0, 0.05) is 12.1 Å². The Balaban J connectivity index is 2.14. The van der Waals surface area contributed by atoms with E-state index in [-0.39, 0.29) is 5.91 Å². The summed E-state index contributed by atoms with van der Waals surface area (Å²) < 4.78 is 0. The molecule has 96 valence electrons. The third kappa shape index (κ3) is 2.26. The molecular weight excluding hydrogens is 234 g/mol. The molecule has 0 aliphatic carbocycles. The number of anilines is 2. The lowest BCUT2D eigenvalue weighted by atomic mass is 10.1. The van der Waals surface area contributed by atoms with Crippen molar-refractivity contribution in [1.82, 2.24) is 0 Å². The van der Waals surface area contributed by atoms with Crippen molar-refractivity contribution < 1.29 is 4.79 Å². The lowest BCUT2D eigenvalue weighted by Crippen LogP contribution is -2.24. The summed E-state index contributed by atoms with van der Waals surface area (Å²) in [6.45, 7) is 2.05. The standard InChI is InChI=1S/C17H17NO/c1-13-6-4-9-15(12-13)18-16-10-3-2-7-14(16)8-5-11-17(18)19/h2-4,6-7,9-10,12H,5,8,11H2,1H3. The second-order valence-corrected chi connectivity index (χ2v) is 5.05. The normalized spacial score (nSPS) is 15.0. The molecule has 2 heteroatoms. The number of carbonyl (C=O) groups excluding carboxylic acids is 1. The lowest BCUT2D eigenvalue weighted by molar-refractivity contribution is -0.117. The van der Waals surface area contributed by atoms with Gasteiger partial charge >= 0.3 is 0 Å². The minimum absolute atomic E-state index is 0.190. The van der Waals surface area contributed by atoms with Gasteiger partial charge in [0.15, 0.2) is 0 Å². The molecule has 0 saturated heterocycles. The van der Waals surface area contributed by atoms with Crippen LogP contribution in [0.5, 0.6) is 0 Å². The molecule has 19 heavy (non-hydrogen) atoms. The molecule has 2 nitrogen and oxygen atoms in total. The van der Waals surface area contributed by atoms with Crippen molar-refractivity contribution in [2.45, 2.75) is 26.2 Å². The molecule has 2 aromatic carbocycles. The number of fused-ring (bicyclic) bond motifs is 1. The molecule has 0 radical (unpaired) electrons. The minimum Gasteiger partial charge on any atom is -0.281 e. The first-order chi connectivity index (χ1) is 9.25. The number of hydrogen-bond donors (Lipinski definition) is 0. The zero-order chi connectivity index (χ0) is 13.2. The molecule has 1 amide bonds. The van der Waals surface area contributed by atoms with E-state index in [1.54, 1.807) is 0 Å². The SMILES string of the molecule is Cc1cccc(N2C(=O)CCCc3ccccc32)c1. The molecule has 0 bridgehead atoms. The second kappa shape index (κ2) is 4.88. The Morgan fingerprint density at radius 2 is 1.84 bits per heavy atom. The van der Waals surface area contributed by atoms with E-state index in [1.807, 2.05) is 35.2 Å². The highest BCUT2D eigenvalue weighted by molar-refractivity contribution is 6.01. The van der Waals surface area contributed by atoms with Gasteiger partial charge in [0.1, 0.15) is 0 Å². The number of aryl methyl sites for hydroxylation is 2. The molecule has 3 rings (SSSR count). The Bertz CT molecular complexity index is 618. The zero-order valence-electron chi connectivity index (χ0n) is 11.1. The van der Waals surface area contributed by atoms with E-state index in [4.69, 9.17) is 0 Å². The fourth-order valence-electron chi connectivity index (χ4n) is 2.67. The molecule has 0 unspecified atom stereocenters. The number of hydrogen-bond acceptors (Lipinski definition) is 1. The number of nitrogens with zero attached hydrogens (tertiary/aromatic N) is 1. The van der Waals surface area contributed by atoms with Gasteiger partial charge in [-0.2, -0.15) is 0 Å². The quantitative estimate of drug-likeness (QED) is 0.750. The van der Waals surface area contributed by atoms with E-state index >= 15 is 0 Å². The molecule has 2 aromatic rings. The first kappa shape index (κ1) is 12.0. The van der Waals surface area contributed by atoms with E-state index in [9.17, 15) is 4.79 Å². The molecule has 1 heterocycles. The first-order valence-electron chi connectivity index (χ1n) is 6.73. The zero-order valence-corrected chi connectivity index (χ0v) is 11.1. The Hall–Kier alpha value is -2.09. The number of para-hydroxylation sites is 1. The van der Waals surface area contributed by atoms with E-state index < -0.39 is 0 Å². The summed E-state index contributed by atoms with van der Waals surface area (Å²) in [7, 11) is 0. The Morgan fingerprint density at radius 1 is 1.00 bits per heavy atom. The van der Waals surface area contributed by atoms with Gasteiger partial charge in [-0.05, 0) is 49.1 Å². The summed E-state index contributed by atoms with van der Waals surface area (Å²) in [5.41, 5.74) is 4.44. The van der Waals surface area contributed by atoms with Crippen molar-refractivity contribution >= 4 is 17.3 Å². The van der Waals surface area contributed by atoms with Crippen molar-refractivity contribution in [2.24, 2.45) is 0 Å². The van der Waals surface area contributed by atoms with E-state index in [1.165, 1.54) is 11.1 Å². The number of rotatable bonds is 1. The van der Waals surface area contributed by atoms with Crippen molar-refractivity contribution in [2.75, 3.05) is 4.90 Å². The third-order valence-electron chi connectivity index (χ3n) is 3.58. The van der Waals surface area contributed by atoms with Gasteiger partial charge in [0.2, 0.25) is 5.91 Å². The fourth-order valence-corrected chi connectivity index (χ4v) is 2.67. The summed E-state index contributed by atoms with van der Waals surface area (Å²) in [6.07, 6.45) is 2.52. The maximum absolute atomic E-state index is 12.4. The largest absolute Gasteiger partial charge is 0.281 e. The van der Waals surface area contributed by atoms with Crippen LogP contribution in [0.2, 0.25) is 0 Å². The molecule has 1 aliphatic rings. The molecule has 0 N–H and O–H groups in total. The van der Waals surface area contributed by atoms with Gasteiger partial charge < -0.3 is 0 Å². The lowest BCUT2D eigenvalue weighted by Gasteiger charge is -2.23. The highest BCUT2D eigenvalue weighted by Gasteiger charge is 2.23. The molecule has 0 fully saturated rings. The highest BCUT2D eigenvalue weighted by Crippen LogP contribution is 2.33. The molecule has 0 spiro atoms. The number of benzene rings is 2. The molecule has 0 saturated carbocycles. The van der Waals surface area contributed by atoms with Crippen molar-refractivity contribution in [3.63, 3.8) is 0 Å². The second-order valence-electron chi connectivity index (χ2n) is 5.05. The molecular formula is C17H17NO. The molecule has 0 atom stereocenters. The maximum atomic E-state index is 12.4. The Kier molecular flexibility index (Phi) is 3.08. The van der Waals surface area contributed by atoms with Gasteiger partial charge in [-0.1, -0.05) is 30.3 Å². The van der Waals surface area contributed by atoms with Crippen molar-refractivity contribution in [3.8, 4) is 0 Å². The maximum Gasteiger partial charge on any atom is 0.231 e. The van der Waals surface area contributed by atoms with Gasteiger partial charge in [-0.15, -0.1) is 0 Å². The van der Waals surface area contributed by atoms with Crippen LogP contribution < -0.4 is 4.90 Å². The number of carbonyl (C=O) groups is 1. The summed E-state index contributed by atoms with van der Waals surface area (Å²) in [5, 5.41) is 0. The first-order valence-corrected chi connectivity index (χ1v) is 6.73. The number of amides is 1. The Morgan fingerprint density at radius 3 is 2.68 bits per heavy atom. The van der Waals surface area contributed by atoms with Crippen LogP contribution in [0.4, 0.5) is 11.4 Å². The summed E-state index contributed by atoms with van der Waals surface area (Å²) in [4.78, 5) is 14.3. The smallest absolute Gasteiger partial charge is 0.231 e. The van der Waals surface area contributed by atoms with E-state index in [0.29, 0.717) is 6.42 Å². The van der Waals surface area contributed by atoms with Crippen LogP contribution in [0.1, 0.15) is 24.0 Å². The van der Waals surface area contributed by atoms with Crippen LogP contribution in [0, 0.1) is 6.92 Å². The molecule has 1 aliphatic heterocycles. The van der Waals surface area contributed by atoms with E-state index in [0.717, 1.165) is 24.2 Å². The van der Waals surface area contributed by atoms with Gasteiger partial charge in [0.25, 0.3) is 0 Å².